The molecule has 0 spiro atoms. The van der Waals surface area contributed by atoms with Crippen LogP contribution in [0.4, 0.5) is 0 Å². The highest BCUT2D eigenvalue weighted by Crippen LogP contribution is 2.35. The van der Waals surface area contributed by atoms with Crippen LogP contribution in [0.3, 0.4) is 0 Å². The molecule has 4 heteroatoms. The van der Waals surface area contributed by atoms with E-state index in [2.05, 4.69) is 6.07 Å². The SMILES string of the molecule is COc1ccc(C#N)cc1-c1ccc(CN)cc1Cl. The maximum absolute atomic E-state index is 8.98. The van der Waals surface area contributed by atoms with E-state index in [4.69, 9.17) is 27.3 Å². The standard InChI is InChI=1S/C15H13ClN2O/c1-19-15-5-3-10(8-17)6-13(15)12-4-2-11(9-18)7-14(12)16/h2-7H,9,18H2,1H3. The zero-order chi connectivity index (χ0) is 13.8. The van der Waals surface area contributed by atoms with Gasteiger partial charge in [-0.1, -0.05) is 23.7 Å². The molecule has 96 valence electrons. The Bertz CT molecular complexity index is 647. The molecule has 2 N–H and O–H groups in total. The van der Waals surface area contributed by atoms with E-state index >= 15 is 0 Å². The van der Waals surface area contributed by atoms with E-state index < -0.39 is 0 Å². The molecule has 0 saturated carbocycles. The second-order valence-corrected chi connectivity index (χ2v) is 4.45. The van der Waals surface area contributed by atoms with Crippen molar-refractivity contribution >= 4 is 11.6 Å². The Kier molecular flexibility index (Phi) is 4.06. The molecule has 0 aliphatic heterocycles. The average molecular weight is 273 g/mol. The van der Waals surface area contributed by atoms with Gasteiger partial charge in [-0.15, -0.1) is 0 Å². The molecule has 0 aliphatic rings. The number of rotatable bonds is 3. The van der Waals surface area contributed by atoms with Gasteiger partial charge in [0.2, 0.25) is 0 Å². The topological polar surface area (TPSA) is 59.0 Å². The third kappa shape index (κ3) is 2.70. The number of ether oxygens (including phenoxy) is 1. The van der Waals surface area contributed by atoms with Gasteiger partial charge in [-0.25, -0.2) is 0 Å². The number of hydrogen-bond acceptors (Lipinski definition) is 3. The summed E-state index contributed by atoms with van der Waals surface area (Å²) >= 11 is 6.27. The Morgan fingerprint density at radius 1 is 1.21 bits per heavy atom. The first-order valence-corrected chi connectivity index (χ1v) is 6.14. The lowest BCUT2D eigenvalue weighted by Crippen LogP contribution is -1.96. The van der Waals surface area contributed by atoms with Crippen molar-refractivity contribution in [1.29, 1.82) is 5.26 Å². The molecule has 0 amide bonds. The van der Waals surface area contributed by atoms with Gasteiger partial charge in [0.15, 0.2) is 0 Å². The highest BCUT2D eigenvalue weighted by molar-refractivity contribution is 6.33. The van der Waals surface area contributed by atoms with Gasteiger partial charge in [-0.2, -0.15) is 5.26 Å². The van der Waals surface area contributed by atoms with Crippen molar-refractivity contribution in [3.8, 4) is 22.9 Å². The van der Waals surface area contributed by atoms with Crippen LogP contribution in [0, 0.1) is 11.3 Å². The minimum absolute atomic E-state index is 0.440. The predicted molar refractivity (Wildman–Crippen MR) is 76.0 cm³/mol. The van der Waals surface area contributed by atoms with Crippen LogP contribution in [0.2, 0.25) is 5.02 Å². The van der Waals surface area contributed by atoms with Gasteiger partial charge in [-0.3, -0.25) is 0 Å². The highest BCUT2D eigenvalue weighted by atomic mass is 35.5. The lowest BCUT2D eigenvalue weighted by atomic mass is 10.0. The van der Waals surface area contributed by atoms with Gasteiger partial charge in [-0.05, 0) is 29.8 Å². The summed E-state index contributed by atoms with van der Waals surface area (Å²) in [6, 6.07) is 13.0. The van der Waals surface area contributed by atoms with Crippen molar-refractivity contribution in [2.45, 2.75) is 6.54 Å². The molecule has 0 fully saturated rings. The molecule has 3 nitrogen and oxygen atoms in total. The third-order valence-corrected chi connectivity index (χ3v) is 3.20. The molecule has 0 aliphatic carbocycles. The molecule has 19 heavy (non-hydrogen) atoms. The Balaban J connectivity index is 2.60. The van der Waals surface area contributed by atoms with Crippen molar-refractivity contribution in [2.24, 2.45) is 5.73 Å². The normalized spacial score (nSPS) is 10.0. The highest BCUT2D eigenvalue weighted by Gasteiger charge is 2.11. The Morgan fingerprint density at radius 2 is 2.00 bits per heavy atom. The third-order valence-electron chi connectivity index (χ3n) is 2.89. The fraction of sp³-hybridized carbons (Fsp3) is 0.133. The number of benzene rings is 2. The fourth-order valence-corrected chi connectivity index (χ4v) is 2.20. The van der Waals surface area contributed by atoms with E-state index in [1.54, 1.807) is 25.3 Å². The predicted octanol–water partition coefficient (Wildman–Crippen LogP) is 3.35. The second-order valence-electron chi connectivity index (χ2n) is 4.05. The lowest BCUT2D eigenvalue weighted by molar-refractivity contribution is 0.416. The van der Waals surface area contributed by atoms with Crippen LogP contribution < -0.4 is 10.5 Å². The van der Waals surface area contributed by atoms with Crippen molar-refractivity contribution in [2.75, 3.05) is 7.11 Å². The van der Waals surface area contributed by atoms with Crippen LogP contribution >= 0.6 is 11.6 Å². The van der Waals surface area contributed by atoms with Crippen LogP contribution in [-0.2, 0) is 6.54 Å². The van der Waals surface area contributed by atoms with E-state index in [1.807, 2.05) is 18.2 Å². The zero-order valence-corrected chi connectivity index (χ0v) is 11.2. The van der Waals surface area contributed by atoms with Crippen molar-refractivity contribution in [3.05, 3.63) is 52.5 Å². The van der Waals surface area contributed by atoms with Crippen molar-refractivity contribution in [1.82, 2.24) is 0 Å². The van der Waals surface area contributed by atoms with Gasteiger partial charge in [0.25, 0.3) is 0 Å². The lowest BCUT2D eigenvalue weighted by Gasteiger charge is -2.11. The van der Waals surface area contributed by atoms with E-state index in [9.17, 15) is 0 Å². The van der Waals surface area contributed by atoms with Crippen molar-refractivity contribution in [3.63, 3.8) is 0 Å². The molecule has 0 unspecified atom stereocenters. The van der Waals surface area contributed by atoms with Gasteiger partial charge in [0, 0.05) is 22.7 Å². The van der Waals surface area contributed by atoms with Gasteiger partial charge < -0.3 is 10.5 Å². The molecule has 0 saturated heterocycles. The molecule has 0 radical (unpaired) electrons. The molecule has 0 bridgehead atoms. The minimum Gasteiger partial charge on any atom is -0.496 e. The molecule has 2 aromatic rings. The van der Waals surface area contributed by atoms with E-state index in [0.717, 1.165) is 16.7 Å². The first-order valence-electron chi connectivity index (χ1n) is 5.76. The van der Waals surface area contributed by atoms with E-state index in [1.165, 1.54) is 0 Å². The fourth-order valence-electron chi connectivity index (χ4n) is 1.89. The molecular weight excluding hydrogens is 260 g/mol. The van der Waals surface area contributed by atoms with Gasteiger partial charge in [0.1, 0.15) is 5.75 Å². The molecule has 0 heterocycles. The van der Waals surface area contributed by atoms with Crippen molar-refractivity contribution < 1.29 is 4.74 Å². The molecule has 0 aromatic heterocycles. The minimum atomic E-state index is 0.440. The maximum Gasteiger partial charge on any atom is 0.126 e. The number of methoxy groups -OCH3 is 1. The number of nitriles is 1. The summed E-state index contributed by atoms with van der Waals surface area (Å²) < 4.78 is 5.32. The Labute approximate surface area is 117 Å². The van der Waals surface area contributed by atoms with E-state index in [0.29, 0.717) is 22.9 Å². The number of hydrogen-bond donors (Lipinski definition) is 1. The average Bonchev–Trinajstić information content (AvgIpc) is 2.46. The summed E-state index contributed by atoms with van der Waals surface area (Å²) in [4.78, 5) is 0. The van der Waals surface area contributed by atoms with Crippen LogP contribution in [0.15, 0.2) is 36.4 Å². The van der Waals surface area contributed by atoms with Crippen LogP contribution in [0.25, 0.3) is 11.1 Å². The van der Waals surface area contributed by atoms with Crippen LogP contribution in [-0.4, -0.2) is 7.11 Å². The van der Waals surface area contributed by atoms with Crippen LogP contribution in [0.5, 0.6) is 5.75 Å². The Hall–Kier alpha value is -2.02. The zero-order valence-electron chi connectivity index (χ0n) is 10.5. The summed E-state index contributed by atoms with van der Waals surface area (Å²) in [5.74, 6) is 0.682. The number of halogens is 1. The summed E-state index contributed by atoms with van der Waals surface area (Å²) in [6.45, 7) is 0.440. The first kappa shape index (κ1) is 13.4. The number of nitrogens with zero attached hydrogens (tertiary/aromatic N) is 1. The summed E-state index contributed by atoms with van der Waals surface area (Å²) in [5, 5.41) is 9.58. The summed E-state index contributed by atoms with van der Waals surface area (Å²) in [5.41, 5.74) is 8.74. The van der Waals surface area contributed by atoms with Gasteiger partial charge >= 0.3 is 0 Å². The summed E-state index contributed by atoms with van der Waals surface area (Å²) in [6.07, 6.45) is 0. The molecule has 2 rings (SSSR count). The van der Waals surface area contributed by atoms with Gasteiger partial charge in [0.05, 0.1) is 18.7 Å². The smallest absolute Gasteiger partial charge is 0.126 e. The molecule has 2 aromatic carbocycles. The molecule has 0 atom stereocenters. The number of nitrogens with two attached hydrogens (primary N) is 1. The van der Waals surface area contributed by atoms with Crippen LogP contribution in [0.1, 0.15) is 11.1 Å². The first-order chi connectivity index (χ1) is 9.19. The monoisotopic (exact) mass is 272 g/mol. The molecular formula is C15H13ClN2O. The largest absolute Gasteiger partial charge is 0.496 e. The quantitative estimate of drug-likeness (QED) is 0.932. The van der Waals surface area contributed by atoms with E-state index in [-0.39, 0.29) is 0 Å². The second kappa shape index (κ2) is 5.75. The summed E-state index contributed by atoms with van der Waals surface area (Å²) in [7, 11) is 1.59. The Morgan fingerprint density at radius 3 is 2.58 bits per heavy atom. The maximum atomic E-state index is 8.98.